The zero-order chi connectivity index (χ0) is 14.0. The van der Waals surface area contributed by atoms with Crippen LogP contribution in [0.1, 0.15) is 16.7 Å². The maximum absolute atomic E-state index is 3.60. The highest BCUT2D eigenvalue weighted by Gasteiger charge is 2.06. The Hall–Kier alpha value is -0.320. The van der Waals surface area contributed by atoms with E-state index in [-0.39, 0.29) is 0 Å². The SMILES string of the molecule is Cc1cc(Br)c(NCc2ccc(Br)c(C)c2)c(Br)c1. The number of aryl methyl sites for hydroxylation is 2. The lowest BCUT2D eigenvalue weighted by Crippen LogP contribution is -2.01. The highest BCUT2D eigenvalue weighted by molar-refractivity contribution is 9.11. The summed E-state index contributed by atoms with van der Waals surface area (Å²) in [4.78, 5) is 0. The maximum Gasteiger partial charge on any atom is 0.0631 e. The van der Waals surface area contributed by atoms with E-state index in [4.69, 9.17) is 0 Å². The van der Waals surface area contributed by atoms with Crippen molar-refractivity contribution in [3.05, 3.63) is 60.4 Å². The van der Waals surface area contributed by atoms with Gasteiger partial charge < -0.3 is 5.32 Å². The molecular formula is C15H14Br3N. The molecule has 0 saturated heterocycles. The molecule has 0 amide bonds. The van der Waals surface area contributed by atoms with Crippen molar-refractivity contribution < 1.29 is 0 Å². The predicted octanol–water partition coefficient (Wildman–Crippen LogP) is 6.20. The van der Waals surface area contributed by atoms with Crippen LogP contribution in [-0.2, 0) is 6.54 Å². The summed E-state index contributed by atoms with van der Waals surface area (Å²) in [6.45, 7) is 4.98. The number of hydrogen-bond donors (Lipinski definition) is 1. The van der Waals surface area contributed by atoms with Crippen LogP contribution in [0.4, 0.5) is 5.69 Å². The molecule has 0 heterocycles. The van der Waals surface area contributed by atoms with E-state index in [9.17, 15) is 0 Å². The third-order valence-electron chi connectivity index (χ3n) is 2.88. The first-order valence-electron chi connectivity index (χ1n) is 5.92. The second-order valence-corrected chi connectivity index (χ2v) is 7.10. The van der Waals surface area contributed by atoms with Crippen molar-refractivity contribution in [1.82, 2.24) is 0 Å². The molecule has 1 N–H and O–H groups in total. The van der Waals surface area contributed by atoms with Crippen LogP contribution >= 0.6 is 47.8 Å². The van der Waals surface area contributed by atoms with Crippen LogP contribution in [-0.4, -0.2) is 0 Å². The normalized spacial score (nSPS) is 10.6. The Kier molecular flexibility index (Phi) is 5.09. The highest BCUT2D eigenvalue weighted by atomic mass is 79.9. The van der Waals surface area contributed by atoms with Gasteiger partial charge in [0.05, 0.1) is 5.69 Å². The molecule has 4 heteroatoms. The fraction of sp³-hybridized carbons (Fsp3) is 0.200. The Balaban J connectivity index is 2.16. The summed E-state index contributed by atoms with van der Waals surface area (Å²) in [7, 11) is 0. The van der Waals surface area contributed by atoms with Crippen molar-refractivity contribution in [3.63, 3.8) is 0 Å². The Bertz CT molecular complexity index is 585. The van der Waals surface area contributed by atoms with Gasteiger partial charge in [-0.05, 0) is 80.6 Å². The van der Waals surface area contributed by atoms with Crippen molar-refractivity contribution in [2.75, 3.05) is 5.32 Å². The molecule has 0 unspecified atom stereocenters. The number of anilines is 1. The maximum atomic E-state index is 3.60. The highest BCUT2D eigenvalue weighted by Crippen LogP contribution is 2.32. The Morgan fingerprint density at radius 1 is 0.895 bits per heavy atom. The van der Waals surface area contributed by atoms with Gasteiger partial charge >= 0.3 is 0 Å². The van der Waals surface area contributed by atoms with Gasteiger partial charge in [0.25, 0.3) is 0 Å². The van der Waals surface area contributed by atoms with Crippen molar-refractivity contribution in [3.8, 4) is 0 Å². The summed E-state index contributed by atoms with van der Waals surface area (Å²) in [5.74, 6) is 0. The predicted molar refractivity (Wildman–Crippen MR) is 92.8 cm³/mol. The molecule has 100 valence electrons. The topological polar surface area (TPSA) is 12.0 Å². The van der Waals surface area contributed by atoms with Gasteiger partial charge in [0.15, 0.2) is 0 Å². The Labute approximate surface area is 139 Å². The molecule has 2 aromatic carbocycles. The third kappa shape index (κ3) is 3.83. The van der Waals surface area contributed by atoms with Gasteiger partial charge in [-0.25, -0.2) is 0 Å². The summed E-state index contributed by atoms with van der Waals surface area (Å²) in [5, 5.41) is 3.46. The zero-order valence-corrected chi connectivity index (χ0v) is 15.5. The zero-order valence-electron chi connectivity index (χ0n) is 10.7. The van der Waals surface area contributed by atoms with E-state index in [1.807, 2.05) is 0 Å². The van der Waals surface area contributed by atoms with E-state index < -0.39 is 0 Å². The van der Waals surface area contributed by atoms with Gasteiger partial charge in [0, 0.05) is 20.0 Å². The second kappa shape index (κ2) is 6.42. The number of nitrogens with one attached hydrogen (secondary N) is 1. The average Bonchev–Trinajstić information content (AvgIpc) is 2.32. The second-order valence-electron chi connectivity index (χ2n) is 4.54. The largest absolute Gasteiger partial charge is 0.379 e. The van der Waals surface area contributed by atoms with Crippen LogP contribution < -0.4 is 5.32 Å². The molecule has 1 nitrogen and oxygen atoms in total. The number of rotatable bonds is 3. The van der Waals surface area contributed by atoms with Crippen LogP contribution in [0.15, 0.2) is 43.7 Å². The minimum absolute atomic E-state index is 0.800. The van der Waals surface area contributed by atoms with E-state index in [2.05, 4.69) is 97.3 Å². The van der Waals surface area contributed by atoms with Gasteiger partial charge in [-0.15, -0.1) is 0 Å². The molecule has 0 saturated carbocycles. The van der Waals surface area contributed by atoms with E-state index >= 15 is 0 Å². The number of halogens is 3. The van der Waals surface area contributed by atoms with Crippen molar-refractivity contribution in [1.29, 1.82) is 0 Å². The molecule has 0 fully saturated rings. The molecular weight excluding hydrogens is 434 g/mol. The summed E-state index contributed by atoms with van der Waals surface area (Å²) in [6, 6.07) is 10.6. The van der Waals surface area contributed by atoms with Gasteiger partial charge in [-0.3, -0.25) is 0 Å². The van der Waals surface area contributed by atoms with E-state index in [1.165, 1.54) is 16.7 Å². The van der Waals surface area contributed by atoms with Gasteiger partial charge in [-0.1, -0.05) is 28.1 Å². The molecule has 0 aliphatic rings. The molecule has 0 atom stereocenters. The van der Waals surface area contributed by atoms with Crippen LogP contribution in [0.25, 0.3) is 0 Å². The fourth-order valence-corrected chi connectivity index (χ4v) is 3.82. The molecule has 0 aliphatic carbocycles. The quantitative estimate of drug-likeness (QED) is 0.590. The van der Waals surface area contributed by atoms with Crippen LogP contribution in [0.3, 0.4) is 0 Å². The van der Waals surface area contributed by atoms with E-state index in [0.29, 0.717) is 0 Å². The molecule has 0 radical (unpaired) electrons. The first-order chi connectivity index (χ1) is 8.97. The lowest BCUT2D eigenvalue weighted by molar-refractivity contribution is 1.13. The minimum Gasteiger partial charge on any atom is -0.379 e. The molecule has 2 rings (SSSR count). The lowest BCUT2D eigenvalue weighted by atomic mass is 10.1. The smallest absolute Gasteiger partial charge is 0.0631 e. The van der Waals surface area contributed by atoms with Gasteiger partial charge in [-0.2, -0.15) is 0 Å². The first kappa shape index (κ1) is 15.1. The summed E-state index contributed by atoms with van der Waals surface area (Å²) in [6.07, 6.45) is 0. The van der Waals surface area contributed by atoms with Gasteiger partial charge in [0.2, 0.25) is 0 Å². The molecule has 0 bridgehead atoms. The first-order valence-corrected chi connectivity index (χ1v) is 8.30. The summed E-state index contributed by atoms with van der Waals surface area (Å²) >= 11 is 10.7. The fourth-order valence-electron chi connectivity index (χ4n) is 1.88. The van der Waals surface area contributed by atoms with Crippen molar-refractivity contribution in [2.45, 2.75) is 20.4 Å². The Morgan fingerprint density at radius 2 is 1.53 bits per heavy atom. The number of hydrogen-bond acceptors (Lipinski definition) is 1. The standard InChI is InChI=1S/C15H14Br3N/c1-9-5-13(17)15(14(18)6-9)19-8-11-3-4-12(16)10(2)7-11/h3-7,19H,8H2,1-2H3. The van der Waals surface area contributed by atoms with E-state index in [0.717, 1.165) is 25.7 Å². The minimum atomic E-state index is 0.800. The Morgan fingerprint density at radius 3 is 2.11 bits per heavy atom. The van der Waals surface area contributed by atoms with Crippen molar-refractivity contribution in [2.24, 2.45) is 0 Å². The van der Waals surface area contributed by atoms with Gasteiger partial charge in [0.1, 0.15) is 0 Å². The van der Waals surface area contributed by atoms with E-state index in [1.54, 1.807) is 0 Å². The van der Waals surface area contributed by atoms with Crippen LogP contribution in [0.2, 0.25) is 0 Å². The third-order valence-corrected chi connectivity index (χ3v) is 5.02. The molecule has 19 heavy (non-hydrogen) atoms. The monoisotopic (exact) mass is 445 g/mol. The molecule has 2 aromatic rings. The van der Waals surface area contributed by atoms with Crippen molar-refractivity contribution >= 4 is 53.5 Å². The summed E-state index contributed by atoms with van der Waals surface area (Å²) < 4.78 is 3.30. The van der Waals surface area contributed by atoms with Crippen LogP contribution in [0, 0.1) is 13.8 Å². The molecule has 0 aromatic heterocycles. The molecule has 0 spiro atoms. The lowest BCUT2D eigenvalue weighted by Gasteiger charge is -2.12. The molecule has 0 aliphatic heterocycles. The number of benzene rings is 2. The van der Waals surface area contributed by atoms with Crippen LogP contribution in [0.5, 0.6) is 0 Å². The summed E-state index contributed by atoms with van der Waals surface area (Å²) in [5.41, 5.74) is 4.83. The average molecular weight is 448 g/mol.